The summed E-state index contributed by atoms with van der Waals surface area (Å²) in [4.78, 5) is 0. The van der Waals surface area contributed by atoms with Crippen molar-refractivity contribution in [2.24, 2.45) is 0 Å². The molecular formula is C2H3ILiN. The van der Waals surface area contributed by atoms with Crippen LogP contribution < -0.4 is 18.9 Å². The van der Waals surface area contributed by atoms with Gasteiger partial charge >= 0.3 is 18.9 Å². The topological polar surface area (TPSA) is 23.8 Å². The molecule has 0 aliphatic carbocycles. The monoisotopic (exact) mass is 175 g/mol. The van der Waals surface area contributed by atoms with Gasteiger partial charge in [-0.15, -0.1) is 0 Å². The van der Waals surface area contributed by atoms with E-state index < -0.39 is 0 Å². The summed E-state index contributed by atoms with van der Waals surface area (Å²) in [6.07, 6.45) is 0. The number of halogens is 1. The largest absolute Gasteiger partial charge is 1.00 e. The van der Waals surface area contributed by atoms with Crippen LogP contribution >= 0.6 is 22.6 Å². The average Bonchev–Trinajstić information content (AvgIpc) is 1.37. The van der Waals surface area contributed by atoms with E-state index in [0.29, 0.717) is 4.43 Å². The number of nitrogens with zero attached hydrogens (tertiary/aromatic N) is 1. The Bertz CT molecular complexity index is 43.3. The Hall–Kier alpha value is 0.817. The van der Waals surface area contributed by atoms with Gasteiger partial charge in [0.05, 0.1) is 10.5 Å². The zero-order chi connectivity index (χ0) is 3.41. The number of hydrogen-bond donors (Lipinski definition) is 0. The van der Waals surface area contributed by atoms with E-state index in [1.54, 1.807) is 0 Å². The maximum atomic E-state index is 7.62. The van der Waals surface area contributed by atoms with Crippen LogP contribution in [0.4, 0.5) is 0 Å². The number of rotatable bonds is 0. The van der Waals surface area contributed by atoms with Gasteiger partial charge in [0.1, 0.15) is 0 Å². The Kier molecular flexibility index (Phi) is 16.4. The number of hydrogen-bond acceptors (Lipinski definition) is 1. The molecule has 0 aliphatic heterocycles. The summed E-state index contributed by atoms with van der Waals surface area (Å²) in [5, 5.41) is 7.62. The molecule has 0 saturated heterocycles. The summed E-state index contributed by atoms with van der Waals surface area (Å²) < 4.78 is 0.595. The number of alkyl halides is 1. The minimum atomic E-state index is 0. The molecule has 0 aromatic rings. The Labute approximate surface area is 58.5 Å². The average molecular weight is 175 g/mol. The molecule has 0 amide bonds. The quantitative estimate of drug-likeness (QED) is 0.238. The molecule has 0 aromatic carbocycles. The maximum absolute atomic E-state index is 7.62. The molecule has 0 unspecified atom stereocenters. The molecule has 24 valence electrons. The molecule has 0 bridgehead atoms. The minimum absolute atomic E-state index is 0. The summed E-state index contributed by atoms with van der Waals surface area (Å²) in [7, 11) is 0. The molecule has 0 spiro atoms. The van der Waals surface area contributed by atoms with Gasteiger partial charge in [-0.25, -0.2) is 0 Å². The zero-order valence-corrected chi connectivity index (χ0v) is 5.19. The third-order valence-corrected chi connectivity index (χ3v) is 0.401. The van der Waals surface area contributed by atoms with Crippen LogP contribution in [0.5, 0.6) is 0 Å². The first-order valence-electron chi connectivity index (χ1n) is 0.844. The molecule has 1 nitrogen and oxygen atoms in total. The predicted octanol–water partition coefficient (Wildman–Crippen LogP) is -1.94. The van der Waals surface area contributed by atoms with Crippen LogP contribution in [0.1, 0.15) is 1.43 Å². The van der Waals surface area contributed by atoms with Gasteiger partial charge in [-0.05, 0) is 0 Å². The first kappa shape index (κ1) is 9.26. The Balaban J connectivity index is -0.0000000450. The van der Waals surface area contributed by atoms with E-state index in [1.807, 2.05) is 28.7 Å². The van der Waals surface area contributed by atoms with Crippen molar-refractivity contribution < 1.29 is 20.3 Å². The second-order valence-electron chi connectivity index (χ2n) is 0.292. The van der Waals surface area contributed by atoms with Gasteiger partial charge in [-0.1, -0.05) is 22.6 Å². The predicted molar refractivity (Wildman–Crippen MR) is 25.6 cm³/mol. The molecule has 0 aliphatic rings. The van der Waals surface area contributed by atoms with Gasteiger partial charge < -0.3 is 1.43 Å². The van der Waals surface area contributed by atoms with E-state index in [0.717, 1.165) is 0 Å². The van der Waals surface area contributed by atoms with Crippen molar-refractivity contribution in [3.8, 4) is 6.07 Å². The molecule has 0 aromatic heterocycles. The molecule has 0 radical (unpaired) electrons. The molecule has 0 N–H and O–H groups in total. The third kappa shape index (κ3) is 11.6. The van der Waals surface area contributed by atoms with Gasteiger partial charge in [0, 0.05) is 0 Å². The van der Waals surface area contributed by atoms with E-state index >= 15 is 0 Å². The van der Waals surface area contributed by atoms with Crippen molar-refractivity contribution in [2.75, 3.05) is 4.43 Å². The van der Waals surface area contributed by atoms with Crippen LogP contribution in [-0.4, -0.2) is 4.43 Å². The molecule has 0 rings (SSSR count). The molecule has 5 heavy (non-hydrogen) atoms. The normalized spacial score (nSPS) is 4.00. The first-order chi connectivity index (χ1) is 1.91. The summed E-state index contributed by atoms with van der Waals surface area (Å²) in [5.41, 5.74) is 0. The van der Waals surface area contributed by atoms with Gasteiger partial charge in [-0.2, -0.15) is 5.26 Å². The van der Waals surface area contributed by atoms with Crippen molar-refractivity contribution in [3.05, 3.63) is 0 Å². The van der Waals surface area contributed by atoms with Crippen molar-refractivity contribution in [2.45, 2.75) is 0 Å². The molecule has 0 fully saturated rings. The van der Waals surface area contributed by atoms with Gasteiger partial charge in [0.2, 0.25) is 0 Å². The Morgan fingerprint density at radius 2 is 2.20 bits per heavy atom. The van der Waals surface area contributed by atoms with E-state index in [-0.39, 0.29) is 20.3 Å². The smallest absolute Gasteiger partial charge is 1.00 e. The fourth-order valence-corrected chi connectivity index (χ4v) is 0. The summed E-state index contributed by atoms with van der Waals surface area (Å²) in [6, 6.07) is 1.92. The molecule has 0 saturated carbocycles. The van der Waals surface area contributed by atoms with Crippen LogP contribution in [0.25, 0.3) is 0 Å². The molecule has 0 atom stereocenters. The van der Waals surface area contributed by atoms with Crippen LogP contribution in [-0.2, 0) is 0 Å². The Morgan fingerprint density at radius 1 is 2.00 bits per heavy atom. The molecule has 0 heterocycles. The first-order valence-corrected chi connectivity index (χ1v) is 2.37. The fourth-order valence-electron chi connectivity index (χ4n) is 0. The summed E-state index contributed by atoms with van der Waals surface area (Å²) in [5.74, 6) is 0. The van der Waals surface area contributed by atoms with Crippen molar-refractivity contribution >= 4 is 22.6 Å². The van der Waals surface area contributed by atoms with Gasteiger partial charge in [0.15, 0.2) is 0 Å². The van der Waals surface area contributed by atoms with Gasteiger partial charge in [0.25, 0.3) is 0 Å². The molecule has 3 heteroatoms. The van der Waals surface area contributed by atoms with E-state index in [9.17, 15) is 0 Å². The van der Waals surface area contributed by atoms with Gasteiger partial charge in [-0.3, -0.25) is 0 Å². The Morgan fingerprint density at radius 3 is 2.20 bits per heavy atom. The third-order valence-electron chi connectivity index (χ3n) is 0.0598. The second kappa shape index (κ2) is 8.84. The van der Waals surface area contributed by atoms with Crippen molar-refractivity contribution in [1.82, 2.24) is 0 Å². The maximum Gasteiger partial charge on any atom is 1.00 e. The van der Waals surface area contributed by atoms with Crippen LogP contribution in [0.3, 0.4) is 0 Å². The van der Waals surface area contributed by atoms with E-state index in [1.165, 1.54) is 0 Å². The van der Waals surface area contributed by atoms with E-state index in [2.05, 4.69) is 0 Å². The van der Waals surface area contributed by atoms with Crippen molar-refractivity contribution in [1.29, 1.82) is 5.26 Å². The second-order valence-corrected chi connectivity index (χ2v) is 1.05. The SMILES string of the molecule is N#CCI.[H-].[Li+]. The zero-order valence-electron chi connectivity index (χ0n) is 4.03. The standard InChI is InChI=1S/C2H2IN.Li.H/c3-1-2-4;;/h1H2;;/q;+1;-1. The van der Waals surface area contributed by atoms with Crippen molar-refractivity contribution in [3.63, 3.8) is 0 Å². The summed E-state index contributed by atoms with van der Waals surface area (Å²) >= 11 is 1.99. The van der Waals surface area contributed by atoms with E-state index in [4.69, 9.17) is 5.26 Å². The minimum Gasteiger partial charge on any atom is -1.00 e. The fraction of sp³-hybridized carbons (Fsp3) is 0.500. The van der Waals surface area contributed by atoms with Crippen LogP contribution in [0, 0.1) is 11.3 Å². The molecular weight excluding hydrogens is 172 g/mol. The number of nitriles is 1. The van der Waals surface area contributed by atoms with Crippen LogP contribution in [0.15, 0.2) is 0 Å². The van der Waals surface area contributed by atoms with Crippen LogP contribution in [0.2, 0.25) is 0 Å². The summed E-state index contributed by atoms with van der Waals surface area (Å²) in [6.45, 7) is 0.